The molecular formula is C23H25ClN4O3. The Morgan fingerprint density at radius 3 is 2.77 bits per heavy atom. The molecule has 8 heteroatoms. The maximum atomic E-state index is 12.7. The van der Waals surface area contributed by atoms with Crippen molar-refractivity contribution in [3.63, 3.8) is 0 Å². The van der Waals surface area contributed by atoms with E-state index < -0.39 is 12.1 Å². The van der Waals surface area contributed by atoms with Crippen LogP contribution in [0.2, 0.25) is 5.02 Å². The molecule has 1 aromatic carbocycles. The van der Waals surface area contributed by atoms with Crippen molar-refractivity contribution in [3.05, 3.63) is 70.1 Å². The van der Waals surface area contributed by atoms with Crippen LogP contribution in [-0.4, -0.2) is 51.1 Å². The number of benzene rings is 1. The zero-order chi connectivity index (χ0) is 22.0. The maximum absolute atomic E-state index is 12.7. The molecule has 1 fully saturated rings. The third-order valence-corrected chi connectivity index (χ3v) is 5.94. The summed E-state index contributed by atoms with van der Waals surface area (Å²) in [5.74, 6) is -0.346. The average Bonchev–Trinajstić information content (AvgIpc) is 3.19. The second-order valence-electron chi connectivity index (χ2n) is 7.83. The predicted octanol–water partition coefficient (Wildman–Crippen LogP) is 2.91. The number of halogens is 1. The van der Waals surface area contributed by atoms with Gasteiger partial charge in [0, 0.05) is 25.4 Å². The summed E-state index contributed by atoms with van der Waals surface area (Å²) < 4.78 is 7.13. The summed E-state index contributed by atoms with van der Waals surface area (Å²) in [5.41, 5.74) is 4.71. The van der Waals surface area contributed by atoms with Crippen LogP contribution in [0.25, 0.3) is 11.3 Å². The Morgan fingerprint density at radius 1 is 1.32 bits per heavy atom. The lowest BCUT2D eigenvalue weighted by atomic mass is 10.0. The highest BCUT2D eigenvalue weighted by Crippen LogP contribution is 2.25. The van der Waals surface area contributed by atoms with E-state index in [2.05, 4.69) is 15.4 Å². The zero-order valence-corrected chi connectivity index (χ0v) is 18.3. The number of hydrogen-bond donors (Lipinski definition) is 2. The van der Waals surface area contributed by atoms with Gasteiger partial charge >= 0.3 is 0 Å². The first-order valence-electron chi connectivity index (χ1n) is 10.2. The van der Waals surface area contributed by atoms with Crippen molar-refractivity contribution in [2.45, 2.75) is 31.9 Å². The van der Waals surface area contributed by atoms with E-state index >= 15 is 0 Å². The van der Waals surface area contributed by atoms with E-state index in [0.29, 0.717) is 30.2 Å². The van der Waals surface area contributed by atoms with Crippen molar-refractivity contribution in [2.75, 3.05) is 13.2 Å². The quantitative estimate of drug-likeness (QED) is 0.636. The van der Waals surface area contributed by atoms with Crippen LogP contribution >= 0.6 is 11.6 Å². The van der Waals surface area contributed by atoms with Crippen LogP contribution in [0.4, 0.5) is 0 Å². The lowest BCUT2D eigenvalue weighted by Gasteiger charge is -2.28. The van der Waals surface area contributed by atoms with Crippen molar-refractivity contribution in [1.82, 2.24) is 20.1 Å². The monoisotopic (exact) mass is 440 g/mol. The van der Waals surface area contributed by atoms with Crippen LogP contribution in [0.1, 0.15) is 33.7 Å². The largest absolute Gasteiger partial charge is 0.391 e. The molecule has 0 radical (unpaired) electrons. The van der Waals surface area contributed by atoms with E-state index in [9.17, 15) is 9.90 Å². The van der Waals surface area contributed by atoms with Gasteiger partial charge in [0.2, 0.25) is 0 Å². The van der Waals surface area contributed by atoms with Crippen molar-refractivity contribution in [1.29, 1.82) is 0 Å². The first kappa shape index (κ1) is 21.5. The summed E-state index contributed by atoms with van der Waals surface area (Å²) >= 11 is 6.50. The molecule has 0 aliphatic carbocycles. The fourth-order valence-corrected chi connectivity index (χ4v) is 3.82. The van der Waals surface area contributed by atoms with Crippen LogP contribution in [0.15, 0.2) is 42.6 Å². The number of carbonyl (C=O) groups excluding carboxylic acids is 1. The first-order valence-corrected chi connectivity index (χ1v) is 10.6. The summed E-state index contributed by atoms with van der Waals surface area (Å²) in [4.78, 5) is 17.1. The van der Waals surface area contributed by atoms with Gasteiger partial charge < -0.3 is 15.2 Å². The molecule has 0 bridgehead atoms. The SMILES string of the molecule is Cc1nc(C(=O)N[C@H]2COCC[C@@H]2O)cc(Cc2ccc(-c3ccn(C)n3)cc2)c1Cl. The zero-order valence-electron chi connectivity index (χ0n) is 17.5. The van der Waals surface area contributed by atoms with Gasteiger partial charge in [0.25, 0.3) is 5.91 Å². The number of pyridine rings is 1. The van der Waals surface area contributed by atoms with E-state index in [4.69, 9.17) is 16.3 Å². The average molecular weight is 441 g/mol. The second kappa shape index (κ2) is 9.18. The fraction of sp³-hybridized carbons (Fsp3) is 0.348. The molecule has 1 aliphatic rings. The first-order chi connectivity index (χ1) is 14.9. The molecule has 3 aromatic rings. The van der Waals surface area contributed by atoms with Gasteiger partial charge in [0.05, 0.1) is 35.2 Å². The summed E-state index contributed by atoms with van der Waals surface area (Å²) in [6.07, 6.45) is 2.36. The maximum Gasteiger partial charge on any atom is 0.270 e. The van der Waals surface area contributed by atoms with Gasteiger partial charge in [-0.1, -0.05) is 35.9 Å². The molecule has 2 N–H and O–H groups in total. The number of ether oxygens (including phenoxy) is 1. The number of aliphatic hydroxyl groups is 1. The minimum Gasteiger partial charge on any atom is -0.391 e. The van der Waals surface area contributed by atoms with Gasteiger partial charge in [-0.25, -0.2) is 4.98 Å². The second-order valence-corrected chi connectivity index (χ2v) is 8.20. The molecular weight excluding hydrogens is 416 g/mol. The summed E-state index contributed by atoms with van der Waals surface area (Å²) in [7, 11) is 1.89. The Balaban J connectivity index is 1.51. The lowest BCUT2D eigenvalue weighted by molar-refractivity contribution is -0.0140. The number of nitrogens with one attached hydrogen (secondary N) is 1. The van der Waals surface area contributed by atoms with Gasteiger partial charge in [-0.2, -0.15) is 5.10 Å². The molecule has 0 spiro atoms. The van der Waals surface area contributed by atoms with Crippen molar-refractivity contribution in [2.24, 2.45) is 7.05 Å². The number of amides is 1. The molecule has 162 valence electrons. The van der Waals surface area contributed by atoms with Crippen molar-refractivity contribution >= 4 is 17.5 Å². The Labute approximate surface area is 186 Å². The Kier molecular flexibility index (Phi) is 6.36. The molecule has 2 atom stereocenters. The Hall–Kier alpha value is -2.74. The number of aliphatic hydroxyl groups excluding tert-OH is 1. The lowest BCUT2D eigenvalue weighted by Crippen LogP contribution is -2.49. The van der Waals surface area contributed by atoms with E-state index in [0.717, 1.165) is 22.4 Å². The van der Waals surface area contributed by atoms with E-state index in [1.165, 1.54) is 0 Å². The van der Waals surface area contributed by atoms with Crippen LogP contribution in [0.5, 0.6) is 0 Å². The molecule has 3 heterocycles. The number of aryl methyl sites for hydroxylation is 2. The smallest absolute Gasteiger partial charge is 0.270 e. The molecule has 31 heavy (non-hydrogen) atoms. The minimum absolute atomic E-state index is 0.278. The van der Waals surface area contributed by atoms with Gasteiger partial charge in [0.15, 0.2) is 0 Å². The summed E-state index contributed by atoms with van der Waals surface area (Å²) in [5, 5.41) is 17.9. The highest BCUT2D eigenvalue weighted by atomic mass is 35.5. The molecule has 1 saturated heterocycles. The van der Waals surface area contributed by atoms with Crippen LogP contribution in [-0.2, 0) is 18.2 Å². The van der Waals surface area contributed by atoms with Crippen LogP contribution in [0.3, 0.4) is 0 Å². The van der Waals surface area contributed by atoms with Gasteiger partial charge in [-0.15, -0.1) is 0 Å². The van der Waals surface area contributed by atoms with E-state index in [1.54, 1.807) is 17.7 Å². The molecule has 7 nitrogen and oxygen atoms in total. The molecule has 0 saturated carbocycles. The summed E-state index contributed by atoms with van der Waals surface area (Å²) in [6, 6.07) is 11.4. The number of rotatable bonds is 5. The van der Waals surface area contributed by atoms with Crippen LogP contribution < -0.4 is 5.32 Å². The van der Waals surface area contributed by atoms with E-state index in [-0.39, 0.29) is 18.2 Å². The number of nitrogens with zero attached hydrogens (tertiary/aromatic N) is 3. The highest BCUT2D eigenvalue weighted by Gasteiger charge is 2.26. The van der Waals surface area contributed by atoms with Gasteiger partial charge in [-0.05, 0) is 43.0 Å². The topological polar surface area (TPSA) is 89.3 Å². The standard InChI is InChI=1S/C23H25ClN4O3/c1-14-22(24)17(11-15-3-5-16(6-4-15)18-7-9-28(2)27-18)12-19(25-14)23(30)26-20-13-31-10-8-21(20)29/h3-7,9,12,20-21,29H,8,10-11,13H2,1-2H3,(H,26,30)/t20-,21-/m0/s1. The molecule has 0 unspecified atom stereocenters. The third kappa shape index (κ3) is 4.95. The van der Waals surface area contributed by atoms with E-state index in [1.807, 2.05) is 43.6 Å². The van der Waals surface area contributed by atoms with Crippen LogP contribution in [0, 0.1) is 6.92 Å². The van der Waals surface area contributed by atoms with Gasteiger partial charge in [0.1, 0.15) is 5.69 Å². The number of aromatic nitrogens is 3. The van der Waals surface area contributed by atoms with Gasteiger partial charge in [-0.3, -0.25) is 9.48 Å². The molecule has 1 amide bonds. The molecule has 4 rings (SSSR count). The number of carbonyl (C=O) groups is 1. The normalized spacial score (nSPS) is 18.7. The Bertz CT molecular complexity index is 1080. The summed E-state index contributed by atoms with van der Waals surface area (Å²) in [6.45, 7) is 2.56. The highest BCUT2D eigenvalue weighted by molar-refractivity contribution is 6.32. The fourth-order valence-electron chi connectivity index (χ4n) is 3.66. The third-order valence-electron chi connectivity index (χ3n) is 5.43. The minimum atomic E-state index is -0.622. The predicted molar refractivity (Wildman–Crippen MR) is 118 cm³/mol. The number of hydrogen-bond acceptors (Lipinski definition) is 5. The molecule has 2 aromatic heterocycles. The van der Waals surface area contributed by atoms with Crippen molar-refractivity contribution < 1.29 is 14.6 Å². The Morgan fingerprint density at radius 2 is 2.10 bits per heavy atom. The molecule has 1 aliphatic heterocycles. The van der Waals surface area contributed by atoms with Crippen molar-refractivity contribution in [3.8, 4) is 11.3 Å².